The second kappa shape index (κ2) is 4.18. The van der Waals surface area contributed by atoms with Crippen LogP contribution < -0.4 is 16.8 Å². The summed E-state index contributed by atoms with van der Waals surface area (Å²) in [4.78, 5) is 21.7. The normalized spacial score (nSPS) is 10.6. The third-order valence-electron chi connectivity index (χ3n) is 1.61. The van der Waals surface area contributed by atoms with E-state index in [1.54, 1.807) is 13.8 Å². The minimum atomic E-state index is -0.954. The van der Waals surface area contributed by atoms with Crippen molar-refractivity contribution in [1.29, 1.82) is 0 Å². The topological polar surface area (TPSA) is 98.2 Å². The van der Waals surface area contributed by atoms with Gasteiger partial charge in [0, 0.05) is 0 Å². The van der Waals surface area contributed by atoms with E-state index < -0.39 is 17.2 Å². The van der Waals surface area contributed by atoms with E-state index in [9.17, 15) is 9.59 Å². The standard InChI is InChI=1S/C7H13N3O2S/c1-7(2,5(9)13)6(12)10-3-4(8)11/h3H2,1-2H3,(H2,8,11)(H2,9,13)(H,10,12). The summed E-state index contributed by atoms with van der Waals surface area (Å²) in [5, 5.41) is 2.32. The van der Waals surface area contributed by atoms with Crippen LogP contribution >= 0.6 is 12.2 Å². The predicted molar refractivity (Wildman–Crippen MR) is 52.8 cm³/mol. The van der Waals surface area contributed by atoms with E-state index >= 15 is 0 Å². The van der Waals surface area contributed by atoms with Gasteiger partial charge in [-0.3, -0.25) is 9.59 Å². The molecule has 0 spiro atoms. The van der Waals surface area contributed by atoms with Crippen molar-refractivity contribution in [3.05, 3.63) is 0 Å². The molecule has 5 N–H and O–H groups in total. The largest absolute Gasteiger partial charge is 0.392 e. The lowest BCUT2D eigenvalue weighted by Crippen LogP contribution is -2.47. The van der Waals surface area contributed by atoms with Gasteiger partial charge in [0.15, 0.2) is 0 Å². The van der Waals surface area contributed by atoms with Gasteiger partial charge in [-0.25, -0.2) is 0 Å². The molecule has 0 radical (unpaired) electrons. The van der Waals surface area contributed by atoms with Crippen molar-refractivity contribution in [2.24, 2.45) is 16.9 Å². The summed E-state index contributed by atoms with van der Waals surface area (Å²) >= 11 is 4.69. The van der Waals surface area contributed by atoms with Crippen molar-refractivity contribution in [3.63, 3.8) is 0 Å². The molecule has 0 saturated heterocycles. The third-order valence-corrected chi connectivity index (χ3v) is 2.12. The number of carbonyl (C=O) groups excluding carboxylic acids is 2. The summed E-state index contributed by atoms with van der Waals surface area (Å²) in [5.41, 5.74) is 9.22. The van der Waals surface area contributed by atoms with E-state index in [1.165, 1.54) is 0 Å². The zero-order valence-electron chi connectivity index (χ0n) is 7.59. The highest BCUT2D eigenvalue weighted by atomic mass is 32.1. The van der Waals surface area contributed by atoms with Crippen molar-refractivity contribution in [1.82, 2.24) is 5.32 Å². The number of hydrogen-bond donors (Lipinski definition) is 3. The molecule has 0 atom stereocenters. The van der Waals surface area contributed by atoms with Crippen molar-refractivity contribution >= 4 is 29.0 Å². The molecule has 5 nitrogen and oxygen atoms in total. The average Bonchev–Trinajstić information content (AvgIpc) is 1.99. The van der Waals surface area contributed by atoms with E-state index in [2.05, 4.69) is 17.5 Å². The smallest absolute Gasteiger partial charge is 0.236 e. The Bertz CT molecular complexity index is 250. The maximum absolute atomic E-state index is 11.3. The first-order chi connectivity index (χ1) is 5.78. The zero-order chi connectivity index (χ0) is 10.6. The Kier molecular flexibility index (Phi) is 3.80. The van der Waals surface area contributed by atoms with E-state index in [0.29, 0.717) is 0 Å². The molecule has 0 aliphatic heterocycles. The van der Waals surface area contributed by atoms with Crippen LogP contribution in [0.5, 0.6) is 0 Å². The number of nitrogens with two attached hydrogens (primary N) is 2. The van der Waals surface area contributed by atoms with Gasteiger partial charge in [0.05, 0.1) is 16.9 Å². The Morgan fingerprint density at radius 2 is 1.85 bits per heavy atom. The highest BCUT2D eigenvalue weighted by molar-refractivity contribution is 7.80. The van der Waals surface area contributed by atoms with Gasteiger partial charge in [0.2, 0.25) is 11.8 Å². The van der Waals surface area contributed by atoms with Gasteiger partial charge in [-0.2, -0.15) is 0 Å². The molecule has 0 fully saturated rings. The number of amides is 2. The Morgan fingerprint density at radius 1 is 1.38 bits per heavy atom. The van der Waals surface area contributed by atoms with E-state index in [1.807, 2.05) is 0 Å². The predicted octanol–water partition coefficient (Wildman–Crippen LogP) is -1.10. The molecule has 0 bridgehead atoms. The first-order valence-corrected chi connectivity index (χ1v) is 4.06. The highest BCUT2D eigenvalue weighted by Crippen LogP contribution is 2.14. The number of primary amides is 1. The van der Waals surface area contributed by atoms with E-state index in [4.69, 9.17) is 11.5 Å². The van der Waals surface area contributed by atoms with Crippen LogP contribution in [0.15, 0.2) is 0 Å². The van der Waals surface area contributed by atoms with Crippen LogP contribution in [0.1, 0.15) is 13.8 Å². The van der Waals surface area contributed by atoms with Crippen LogP contribution in [-0.4, -0.2) is 23.3 Å². The Morgan fingerprint density at radius 3 is 2.15 bits per heavy atom. The fraction of sp³-hybridized carbons (Fsp3) is 0.571. The number of hydrogen-bond acceptors (Lipinski definition) is 3. The monoisotopic (exact) mass is 203 g/mol. The average molecular weight is 203 g/mol. The maximum atomic E-state index is 11.3. The number of nitrogens with one attached hydrogen (secondary N) is 1. The zero-order valence-corrected chi connectivity index (χ0v) is 8.40. The summed E-state index contributed by atoms with van der Waals surface area (Å²) in [6.07, 6.45) is 0. The van der Waals surface area contributed by atoms with Gasteiger partial charge in [-0.15, -0.1) is 0 Å². The van der Waals surface area contributed by atoms with Crippen LogP contribution in [0.4, 0.5) is 0 Å². The van der Waals surface area contributed by atoms with Gasteiger partial charge in [0.1, 0.15) is 0 Å². The molecule has 0 rings (SSSR count). The van der Waals surface area contributed by atoms with Crippen molar-refractivity contribution in [2.45, 2.75) is 13.8 Å². The molecule has 74 valence electrons. The van der Waals surface area contributed by atoms with Crippen LogP contribution in [0.2, 0.25) is 0 Å². The molecule has 0 aliphatic carbocycles. The van der Waals surface area contributed by atoms with Gasteiger partial charge in [0.25, 0.3) is 0 Å². The van der Waals surface area contributed by atoms with Crippen molar-refractivity contribution in [3.8, 4) is 0 Å². The minimum absolute atomic E-state index is 0.0782. The molecule has 0 unspecified atom stereocenters. The molecular weight excluding hydrogens is 190 g/mol. The molecule has 0 saturated carbocycles. The van der Waals surface area contributed by atoms with Gasteiger partial charge in [-0.1, -0.05) is 12.2 Å². The molecular formula is C7H13N3O2S. The SMILES string of the molecule is CC(C)(C(=O)NCC(N)=O)C(N)=S. The maximum Gasteiger partial charge on any atom is 0.236 e. The first-order valence-electron chi connectivity index (χ1n) is 3.65. The molecule has 6 heteroatoms. The van der Waals surface area contributed by atoms with Gasteiger partial charge in [-0.05, 0) is 13.8 Å². The molecule has 0 heterocycles. The molecule has 0 aromatic rings. The molecule has 2 amide bonds. The lowest BCUT2D eigenvalue weighted by atomic mass is 9.92. The third kappa shape index (κ3) is 3.37. The Balaban J connectivity index is 4.26. The second-order valence-electron chi connectivity index (χ2n) is 3.14. The summed E-state index contributed by atoms with van der Waals surface area (Å²) in [6, 6.07) is 0. The Hall–Kier alpha value is -1.17. The number of thiocarbonyl (C=S) groups is 1. The highest BCUT2D eigenvalue weighted by Gasteiger charge is 2.30. The van der Waals surface area contributed by atoms with Crippen LogP contribution in [-0.2, 0) is 9.59 Å². The lowest BCUT2D eigenvalue weighted by molar-refractivity contribution is -0.128. The quantitative estimate of drug-likeness (QED) is 0.505. The molecule has 0 aliphatic rings. The molecule has 0 aromatic carbocycles. The van der Waals surface area contributed by atoms with E-state index in [0.717, 1.165) is 0 Å². The summed E-state index contributed by atoms with van der Waals surface area (Å²) < 4.78 is 0. The summed E-state index contributed by atoms with van der Waals surface area (Å²) in [6.45, 7) is 2.95. The van der Waals surface area contributed by atoms with Gasteiger partial charge >= 0.3 is 0 Å². The molecule has 13 heavy (non-hydrogen) atoms. The van der Waals surface area contributed by atoms with E-state index in [-0.39, 0.29) is 11.5 Å². The first kappa shape index (κ1) is 11.8. The fourth-order valence-corrected chi connectivity index (χ4v) is 0.593. The number of carbonyl (C=O) groups is 2. The second-order valence-corrected chi connectivity index (χ2v) is 3.58. The Labute approximate surface area is 81.8 Å². The van der Waals surface area contributed by atoms with Crippen LogP contribution in [0.25, 0.3) is 0 Å². The van der Waals surface area contributed by atoms with Crippen molar-refractivity contribution < 1.29 is 9.59 Å². The summed E-state index contributed by atoms with van der Waals surface area (Å²) in [5.74, 6) is -1.01. The molecule has 0 aromatic heterocycles. The fourth-order valence-electron chi connectivity index (χ4n) is 0.500. The number of rotatable bonds is 4. The van der Waals surface area contributed by atoms with Gasteiger partial charge < -0.3 is 16.8 Å². The lowest BCUT2D eigenvalue weighted by Gasteiger charge is -2.21. The minimum Gasteiger partial charge on any atom is -0.392 e. The van der Waals surface area contributed by atoms with Crippen LogP contribution in [0, 0.1) is 5.41 Å². The summed E-state index contributed by atoms with van der Waals surface area (Å²) in [7, 11) is 0. The van der Waals surface area contributed by atoms with Crippen LogP contribution in [0.3, 0.4) is 0 Å². The van der Waals surface area contributed by atoms with Crippen molar-refractivity contribution in [2.75, 3.05) is 6.54 Å².